The third-order valence-corrected chi connectivity index (χ3v) is 5.32. The molecule has 1 amide bonds. The quantitative estimate of drug-likeness (QED) is 0.637. The molecule has 7 heteroatoms. The van der Waals surface area contributed by atoms with E-state index in [1.165, 1.54) is 18.6 Å². The number of benzene rings is 1. The van der Waals surface area contributed by atoms with Crippen molar-refractivity contribution in [2.24, 2.45) is 0 Å². The lowest BCUT2D eigenvalue weighted by molar-refractivity contribution is 0.0600. The topological polar surface area (TPSA) is 81.2 Å². The Kier molecular flexibility index (Phi) is 6.16. The second-order valence-electron chi connectivity index (χ2n) is 6.24. The van der Waals surface area contributed by atoms with Crippen molar-refractivity contribution in [3.8, 4) is 0 Å². The first-order valence-electron chi connectivity index (χ1n) is 8.91. The third kappa shape index (κ3) is 4.26. The Morgan fingerprint density at radius 1 is 1.21 bits per heavy atom. The van der Waals surface area contributed by atoms with Crippen LogP contribution in [0.2, 0.25) is 0 Å². The number of carbonyl (C=O) groups excluding carboxylic acids is 2. The molecular weight excluding hydrogens is 374 g/mol. The summed E-state index contributed by atoms with van der Waals surface area (Å²) in [7, 11) is 1.34. The van der Waals surface area contributed by atoms with E-state index < -0.39 is 5.97 Å². The van der Waals surface area contributed by atoms with Crippen molar-refractivity contribution in [1.29, 1.82) is 0 Å². The van der Waals surface area contributed by atoms with Crippen LogP contribution in [0.5, 0.6) is 0 Å². The molecule has 0 spiro atoms. The van der Waals surface area contributed by atoms with E-state index in [-0.39, 0.29) is 5.91 Å². The number of ether oxygens (including phenoxy) is 1. The molecular formula is C21H21N3O3S. The Labute approximate surface area is 167 Å². The van der Waals surface area contributed by atoms with E-state index in [1.807, 2.05) is 38.1 Å². The van der Waals surface area contributed by atoms with Crippen molar-refractivity contribution >= 4 is 29.1 Å². The molecule has 0 radical (unpaired) electrons. The van der Waals surface area contributed by atoms with Gasteiger partial charge in [-0.25, -0.2) is 4.79 Å². The van der Waals surface area contributed by atoms with Crippen molar-refractivity contribution in [3.05, 3.63) is 75.6 Å². The van der Waals surface area contributed by atoms with Crippen LogP contribution in [0.3, 0.4) is 0 Å². The van der Waals surface area contributed by atoms with Crippen molar-refractivity contribution in [3.63, 3.8) is 0 Å². The monoisotopic (exact) mass is 395 g/mol. The molecule has 0 bridgehead atoms. The number of pyridine rings is 1. The first-order valence-corrected chi connectivity index (χ1v) is 9.68. The minimum absolute atomic E-state index is 0.189. The van der Waals surface area contributed by atoms with Gasteiger partial charge in [0.05, 0.1) is 23.9 Å². The number of hydrogen-bond donors (Lipinski definition) is 1. The summed E-state index contributed by atoms with van der Waals surface area (Å²) in [4.78, 5) is 29.8. The zero-order valence-electron chi connectivity index (χ0n) is 16.0. The summed E-state index contributed by atoms with van der Waals surface area (Å²) in [5, 5.41) is 3.00. The molecule has 1 aromatic carbocycles. The number of anilines is 1. The number of methoxy groups -OCH3 is 1. The van der Waals surface area contributed by atoms with Crippen LogP contribution >= 0.6 is 11.5 Å². The number of para-hydroxylation sites is 1. The van der Waals surface area contributed by atoms with Crippen LogP contribution < -0.4 is 5.32 Å². The molecule has 1 N–H and O–H groups in total. The van der Waals surface area contributed by atoms with E-state index in [4.69, 9.17) is 4.74 Å². The molecule has 0 unspecified atom stereocenters. The molecule has 0 aliphatic heterocycles. The van der Waals surface area contributed by atoms with Crippen LogP contribution in [-0.2, 0) is 17.6 Å². The molecule has 0 fully saturated rings. The number of nitrogens with one attached hydrogen (secondary N) is 1. The SMILES string of the molecule is CCc1ccccc1NC(=O)c1c(C)nsc1Cc1cc(C(=O)OC)ccn1. The summed E-state index contributed by atoms with van der Waals surface area (Å²) < 4.78 is 9.11. The first kappa shape index (κ1) is 19.7. The molecule has 0 saturated heterocycles. The molecule has 0 aliphatic carbocycles. The zero-order chi connectivity index (χ0) is 20.1. The van der Waals surface area contributed by atoms with Gasteiger partial charge in [-0.2, -0.15) is 4.37 Å². The van der Waals surface area contributed by atoms with Gasteiger partial charge in [0.25, 0.3) is 5.91 Å². The predicted molar refractivity (Wildman–Crippen MR) is 109 cm³/mol. The minimum Gasteiger partial charge on any atom is -0.465 e. The maximum atomic E-state index is 13.0. The molecule has 0 atom stereocenters. The van der Waals surface area contributed by atoms with Gasteiger partial charge in [-0.15, -0.1) is 0 Å². The Morgan fingerprint density at radius 2 is 2.00 bits per heavy atom. The van der Waals surface area contributed by atoms with Crippen molar-refractivity contribution in [2.75, 3.05) is 12.4 Å². The van der Waals surface area contributed by atoms with Crippen LogP contribution in [0.15, 0.2) is 42.6 Å². The fraction of sp³-hybridized carbons (Fsp3) is 0.238. The van der Waals surface area contributed by atoms with Gasteiger partial charge in [-0.3, -0.25) is 9.78 Å². The van der Waals surface area contributed by atoms with Crippen LogP contribution in [-0.4, -0.2) is 28.3 Å². The van der Waals surface area contributed by atoms with Crippen LogP contribution in [0.25, 0.3) is 0 Å². The van der Waals surface area contributed by atoms with E-state index in [0.29, 0.717) is 28.9 Å². The molecule has 28 heavy (non-hydrogen) atoms. The van der Waals surface area contributed by atoms with Gasteiger partial charge >= 0.3 is 5.97 Å². The molecule has 0 aliphatic rings. The number of hydrogen-bond acceptors (Lipinski definition) is 6. The first-order chi connectivity index (χ1) is 13.5. The number of aromatic nitrogens is 2. The molecule has 6 nitrogen and oxygen atoms in total. The summed E-state index contributed by atoms with van der Waals surface area (Å²) in [5.41, 5.74) is 4.21. The average Bonchev–Trinajstić information content (AvgIpc) is 3.08. The van der Waals surface area contributed by atoms with Gasteiger partial charge in [-0.1, -0.05) is 25.1 Å². The lowest BCUT2D eigenvalue weighted by Crippen LogP contribution is -2.15. The Morgan fingerprint density at radius 3 is 2.75 bits per heavy atom. The highest BCUT2D eigenvalue weighted by Crippen LogP contribution is 2.24. The summed E-state index contributed by atoms with van der Waals surface area (Å²) in [6.45, 7) is 3.87. The second-order valence-corrected chi connectivity index (χ2v) is 7.09. The molecule has 3 aromatic rings. The Hall–Kier alpha value is -3.06. The highest BCUT2D eigenvalue weighted by Gasteiger charge is 2.20. The fourth-order valence-corrected chi connectivity index (χ4v) is 3.83. The number of aryl methyl sites for hydroxylation is 2. The zero-order valence-corrected chi connectivity index (χ0v) is 16.8. The summed E-state index contributed by atoms with van der Waals surface area (Å²) >= 11 is 1.27. The van der Waals surface area contributed by atoms with E-state index >= 15 is 0 Å². The van der Waals surface area contributed by atoms with Gasteiger partial charge in [0.2, 0.25) is 0 Å². The van der Waals surface area contributed by atoms with E-state index in [9.17, 15) is 9.59 Å². The van der Waals surface area contributed by atoms with Crippen LogP contribution in [0.4, 0.5) is 5.69 Å². The van der Waals surface area contributed by atoms with Crippen molar-refractivity contribution in [2.45, 2.75) is 26.7 Å². The molecule has 2 aromatic heterocycles. The maximum absolute atomic E-state index is 13.0. The highest BCUT2D eigenvalue weighted by atomic mass is 32.1. The predicted octanol–water partition coefficient (Wildman–Crippen LogP) is 4.04. The number of carbonyl (C=O) groups is 2. The third-order valence-electron chi connectivity index (χ3n) is 4.39. The largest absolute Gasteiger partial charge is 0.465 e. The van der Waals surface area contributed by atoms with E-state index in [0.717, 1.165) is 22.5 Å². The van der Waals surface area contributed by atoms with Crippen LogP contribution in [0.1, 0.15) is 49.5 Å². The fourth-order valence-electron chi connectivity index (χ4n) is 2.95. The number of rotatable bonds is 6. The number of nitrogens with zero attached hydrogens (tertiary/aromatic N) is 2. The molecule has 144 valence electrons. The van der Waals surface area contributed by atoms with E-state index in [1.54, 1.807) is 18.3 Å². The normalized spacial score (nSPS) is 10.5. The number of amides is 1. The molecule has 3 rings (SSSR count). The Bertz CT molecular complexity index is 1010. The average molecular weight is 395 g/mol. The minimum atomic E-state index is -0.418. The number of esters is 1. The van der Waals surface area contributed by atoms with Gasteiger partial charge < -0.3 is 10.1 Å². The maximum Gasteiger partial charge on any atom is 0.337 e. The standard InChI is InChI=1S/C21H21N3O3S/c1-4-14-7-5-6-8-17(14)23-20(25)19-13(2)24-28-18(19)12-16-11-15(9-10-22-16)21(26)27-3/h5-11H,4,12H2,1-3H3,(H,23,25). The van der Waals surface area contributed by atoms with Gasteiger partial charge in [0.1, 0.15) is 0 Å². The summed E-state index contributed by atoms with van der Waals surface area (Å²) in [6.07, 6.45) is 2.80. The second kappa shape index (κ2) is 8.75. The Balaban J connectivity index is 1.86. The van der Waals surface area contributed by atoms with Gasteiger partial charge in [-0.05, 0) is 48.6 Å². The highest BCUT2D eigenvalue weighted by molar-refractivity contribution is 7.06. The smallest absolute Gasteiger partial charge is 0.337 e. The van der Waals surface area contributed by atoms with Crippen LogP contribution in [0, 0.1) is 6.92 Å². The van der Waals surface area contributed by atoms with Gasteiger partial charge in [0, 0.05) is 28.9 Å². The molecule has 2 heterocycles. The lowest BCUT2D eigenvalue weighted by Gasteiger charge is -2.10. The van der Waals surface area contributed by atoms with E-state index in [2.05, 4.69) is 14.7 Å². The molecule has 0 saturated carbocycles. The van der Waals surface area contributed by atoms with Gasteiger partial charge in [0.15, 0.2) is 0 Å². The van der Waals surface area contributed by atoms with Crippen molar-refractivity contribution in [1.82, 2.24) is 9.36 Å². The van der Waals surface area contributed by atoms with Crippen molar-refractivity contribution < 1.29 is 14.3 Å². The lowest BCUT2D eigenvalue weighted by atomic mass is 10.1. The summed E-state index contributed by atoms with van der Waals surface area (Å²) in [6, 6.07) is 11.0. The summed E-state index contributed by atoms with van der Waals surface area (Å²) in [5.74, 6) is -0.607.